The third kappa shape index (κ3) is 2.81. The van der Waals surface area contributed by atoms with Gasteiger partial charge < -0.3 is 5.43 Å². The van der Waals surface area contributed by atoms with Crippen LogP contribution >= 0.6 is 0 Å². The summed E-state index contributed by atoms with van der Waals surface area (Å²) in [5.74, 6) is 0. The van der Waals surface area contributed by atoms with Crippen molar-refractivity contribution in [2.45, 2.75) is 6.04 Å². The van der Waals surface area contributed by atoms with Crippen LogP contribution in [0.25, 0.3) is 21.5 Å². The van der Waals surface area contributed by atoms with E-state index in [0.29, 0.717) is 0 Å². The van der Waals surface area contributed by atoms with Gasteiger partial charge in [-0.2, -0.15) is 0 Å². The van der Waals surface area contributed by atoms with E-state index in [2.05, 4.69) is 101 Å². The number of nitrogens with one attached hydrogen (secondary N) is 1. The Labute approximate surface area is 157 Å². The molecule has 4 heteroatoms. The molecule has 0 aliphatic carbocycles. The predicted molar refractivity (Wildman–Crippen MR) is 109 cm³/mol. The molecule has 5 rings (SSSR count). The average molecular weight is 350 g/mol. The van der Waals surface area contributed by atoms with E-state index in [9.17, 15) is 0 Å². The van der Waals surface area contributed by atoms with E-state index in [1.54, 1.807) is 12.7 Å². The van der Waals surface area contributed by atoms with Gasteiger partial charge in [0.05, 0.1) is 6.04 Å². The van der Waals surface area contributed by atoms with Crippen LogP contribution in [-0.2, 0) is 0 Å². The molecule has 0 aliphatic heterocycles. The maximum atomic E-state index is 3.94. The van der Waals surface area contributed by atoms with Crippen LogP contribution in [0.1, 0.15) is 17.2 Å². The van der Waals surface area contributed by atoms with E-state index < -0.39 is 0 Å². The third-order valence-corrected chi connectivity index (χ3v) is 4.97. The van der Waals surface area contributed by atoms with Crippen LogP contribution in [0.5, 0.6) is 0 Å². The Morgan fingerprint density at radius 1 is 0.593 bits per heavy atom. The van der Waals surface area contributed by atoms with E-state index in [1.807, 2.05) is 4.68 Å². The molecule has 0 saturated heterocycles. The molecule has 0 aliphatic rings. The SMILES string of the molecule is c1ccc2c(C(Nn3cnnc3)c3cccc4ccccc34)cccc2c1. The molecule has 0 fully saturated rings. The molecule has 27 heavy (non-hydrogen) atoms. The normalized spacial score (nSPS) is 11.3. The van der Waals surface area contributed by atoms with Crippen molar-refractivity contribution in [1.82, 2.24) is 14.9 Å². The van der Waals surface area contributed by atoms with Gasteiger partial charge in [0.2, 0.25) is 0 Å². The fourth-order valence-corrected chi connectivity index (χ4v) is 3.73. The number of aromatic nitrogens is 3. The lowest BCUT2D eigenvalue weighted by Gasteiger charge is -2.24. The Morgan fingerprint density at radius 2 is 1.07 bits per heavy atom. The van der Waals surface area contributed by atoms with Crippen LogP contribution in [0.15, 0.2) is 97.6 Å². The summed E-state index contributed by atoms with van der Waals surface area (Å²) in [5.41, 5.74) is 6.01. The van der Waals surface area contributed by atoms with E-state index in [0.717, 1.165) is 0 Å². The average Bonchev–Trinajstić information content (AvgIpc) is 3.25. The van der Waals surface area contributed by atoms with Gasteiger partial charge in [0.25, 0.3) is 0 Å². The molecule has 0 amide bonds. The third-order valence-electron chi connectivity index (χ3n) is 4.97. The second kappa shape index (κ2) is 6.57. The Bertz CT molecular complexity index is 1120. The highest BCUT2D eigenvalue weighted by Crippen LogP contribution is 2.33. The number of nitrogens with zero attached hydrogens (tertiary/aromatic N) is 3. The summed E-state index contributed by atoms with van der Waals surface area (Å²) in [5, 5.41) is 12.8. The summed E-state index contributed by atoms with van der Waals surface area (Å²) in [6.45, 7) is 0. The second-order valence-corrected chi connectivity index (χ2v) is 6.57. The lowest BCUT2D eigenvalue weighted by atomic mass is 9.91. The number of hydrogen-bond donors (Lipinski definition) is 1. The molecule has 0 unspecified atom stereocenters. The van der Waals surface area contributed by atoms with E-state index in [1.165, 1.54) is 32.7 Å². The van der Waals surface area contributed by atoms with Crippen molar-refractivity contribution in [3.63, 3.8) is 0 Å². The van der Waals surface area contributed by atoms with Crippen LogP contribution in [0.3, 0.4) is 0 Å². The minimum atomic E-state index is -0.0433. The Morgan fingerprint density at radius 3 is 1.63 bits per heavy atom. The molecule has 4 nitrogen and oxygen atoms in total. The molecule has 0 atom stereocenters. The van der Waals surface area contributed by atoms with Crippen molar-refractivity contribution in [1.29, 1.82) is 0 Å². The highest BCUT2D eigenvalue weighted by Gasteiger charge is 2.19. The smallest absolute Gasteiger partial charge is 0.138 e. The maximum absolute atomic E-state index is 3.94. The van der Waals surface area contributed by atoms with Crippen LogP contribution < -0.4 is 5.43 Å². The van der Waals surface area contributed by atoms with E-state index in [4.69, 9.17) is 0 Å². The first kappa shape index (κ1) is 15.6. The van der Waals surface area contributed by atoms with Gasteiger partial charge in [-0.15, -0.1) is 10.2 Å². The molecule has 1 aromatic heterocycles. The van der Waals surface area contributed by atoms with Crippen molar-refractivity contribution in [3.05, 3.63) is 109 Å². The summed E-state index contributed by atoms with van der Waals surface area (Å²) in [6.07, 6.45) is 3.37. The molecule has 130 valence electrons. The van der Waals surface area contributed by atoms with E-state index in [-0.39, 0.29) is 6.04 Å². The summed E-state index contributed by atoms with van der Waals surface area (Å²) < 4.78 is 1.81. The van der Waals surface area contributed by atoms with Crippen molar-refractivity contribution < 1.29 is 0 Å². The van der Waals surface area contributed by atoms with Crippen LogP contribution in [0.2, 0.25) is 0 Å². The van der Waals surface area contributed by atoms with Gasteiger partial charge in [0.15, 0.2) is 0 Å². The lowest BCUT2D eigenvalue weighted by Crippen LogP contribution is -2.21. The zero-order chi connectivity index (χ0) is 18.1. The van der Waals surface area contributed by atoms with Gasteiger partial charge in [-0.25, -0.2) is 4.68 Å². The Balaban J connectivity index is 1.76. The number of benzene rings is 4. The first-order chi connectivity index (χ1) is 13.4. The predicted octanol–water partition coefficient (Wildman–Crippen LogP) is 4.92. The standard InChI is InChI=1S/C23H18N4/c1-3-11-19-17(7-1)9-5-13-21(19)23(26-27-15-24-25-16-27)22-14-6-10-18-8-2-4-12-20(18)22/h1-16,23,26H. The number of hydrogen-bond acceptors (Lipinski definition) is 3. The molecule has 4 aromatic carbocycles. The Kier molecular flexibility index (Phi) is 3.79. The lowest BCUT2D eigenvalue weighted by molar-refractivity contribution is 0.761. The summed E-state index contributed by atoms with van der Waals surface area (Å²) in [7, 11) is 0. The van der Waals surface area contributed by atoms with Gasteiger partial charge in [-0.3, -0.25) is 0 Å². The molecule has 0 saturated carbocycles. The molecule has 0 bridgehead atoms. The molecule has 0 spiro atoms. The van der Waals surface area contributed by atoms with E-state index >= 15 is 0 Å². The minimum Gasteiger partial charge on any atom is -0.311 e. The molecule has 5 aromatic rings. The fraction of sp³-hybridized carbons (Fsp3) is 0.0435. The monoisotopic (exact) mass is 350 g/mol. The van der Waals surface area contributed by atoms with Crippen molar-refractivity contribution in [2.75, 3.05) is 5.43 Å². The summed E-state index contributed by atoms with van der Waals surface area (Å²) in [6, 6.07) is 29.8. The minimum absolute atomic E-state index is 0.0433. The van der Waals surface area contributed by atoms with Gasteiger partial charge in [0, 0.05) is 0 Å². The largest absolute Gasteiger partial charge is 0.311 e. The molecule has 0 radical (unpaired) electrons. The Hall–Kier alpha value is -3.66. The first-order valence-electron chi connectivity index (χ1n) is 8.97. The maximum Gasteiger partial charge on any atom is 0.138 e. The number of rotatable bonds is 4. The molecule has 1 N–H and O–H groups in total. The van der Waals surface area contributed by atoms with Crippen molar-refractivity contribution in [3.8, 4) is 0 Å². The van der Waals surface area contributed by atoms with Crippen molar-refractivity contribution >= 4 is 21.5 Å². The van der Waals surface area contributed by atoms with Crippen LogP contribution in [-0.4, -0.2) is 14.9 Å². The molecular weight excluding hydrogens is 332 g/mol. The molecule has 1 heterocycles. The van der Waals surface area contributed by atoms with Crippen LogP contribution in [0, 0.1) is 0 Å². The quantitative estimate of drug-likeness (QED) is 0.500. The number of fused-ring (bicyclic) bond motifs is 2. The molecular formula is C23H18N4. The second-order valence-electron chi connectivity index (χ2n) is 6.57. The van der Waals surface area contributed by atoms with Gasteiger partial charge in [0.1, 0.15) is 12.7 Å². The van der Waals surface area contributed by atoms with Crippen LogP contribution in [0.4, 0.5) is 0 Å². The van der Waals surface area contributed by atoms with Gasteiger partial charge in [-0.1, -0.05) is 84.9 Å². The highest BCUT2D eigenvalue weighted by molar-refractivity contribution is 5.90. The fourth-order valence-electron chi connectivity index (χ4n) is 3.73. The first-order valence-corrected chi connectivity index (χ1v) is 8.97. The van der Waals surface area contributed by atoms with Gasteiger partial charge >= 0.3 is 0 Å². The topological polar surface area (TPSA) is 42.7 Å². The zero-order valence-corrected chi connectivity index (χ0v) is 14.7. The summed E-state index contributed by atoms with van der Waals surface area (Å²) >= 11 is 0. The van der Waals surface area contributed by atoms with Crippen molar-refractivity contribution in [2.24, 2.45) is 0 Å². The van der Waals surface area contributed by atoms with Gasteiger partial charge in [-0.05, 0) is 32.7 Å². The zero-order valence-electron chi connectivity index (χ0n) is 14.7. The summed E-state index contributed by atoms with van der Waals surface area (Å²) in [4.78, 5) is 0. The highest BCUT2D eigenvalue weighted by atomic mass is 15.5.